The van der Waals surface area contributed by atoms with Crippen LogP contribution in [0, 0.1) is 0 Å². The van der Waals surface area contributed by atoms with Crippen LogP contribution >= 0.6 is 0 Å². The van der Waals surface area contributed by atoms with Crippen molar-refractivity contribution in [2.24, 2.45) is 0 Å². The van der Waals surface area contributed by atoms with Crippen molar-refractivity contribution in [2.75, 3.05) is 4.90 Å². The van der Waals surface area contributed by atoms with Gasteiger partial charge in [0.1, 0.15) is 0 Å². The minimum Gasteiger partial charge on any atom is -0.310 e. The van der Waals surface area contributed by atoms with Crippen molar-refractivity contribution >= 4 is 27.8 Å². The normalized spacial score (nSPS) is 12.8. The van der Waals surface area contributed by atoms with E-state index in [0.717, 1.165) is 11.4 Å². The maximum absolute atomic E-state index is 2.46. The Morgan fingerprint density at radius 2 is 0.920 bits per heavy atom. The second kappa shape index (κ2) is 12.1. The molecule has 0 aromatic heterocycles. The lowest BCUT2D eigenvalue weighted by Crippen LogP contribution is -2.20. The van der Waals surface area contributed by atoms with Crippen LogP contribution in [0.3, 0.4) is 0 Å². The lowest BCUT2D eigenvalue weighted by molar-refractivity contribution is 0.661. The maximum Gasteiger partial charge on any atom is 0.0508 e. The van der Waals surface area contributed by atoms with Crippen LogP contribution in [0.15, 0.2) is 188 Å². The molecular weight excluding hydrogens is 603 g/mol. The van der Waals surface area contributed by atoms with Crippen molar-refractivity contribution in [3.8, 4) is 44.5 Å². The van der Waals surface area contributed by atoms with E-state index in [1.165, 1.54) is 72.1 Å². The molecule has 1 heteroatoms. The Morgan fingerprint density at radius 3 is 1.70 bits per heavy atom. The molecule has 238 valence electrons. The summed E-state index contributed by atoms with van der Waals surface area (Å²) in [5, 5.41) is 2.51. The Kier molecular flexibility index (Phi) is 7.21. The first-order chi connectivity index (χ1) is 24.6. The Morgan fingerprint density at radius 1 is 0.380 bits per heavy atom. The fourth-order valence-corrected chi connectivity index (χ4v) is 8.01. The number of hydrogen-bond donors (Lipinski definition) is 0. The quantitative estimate of drug-likeness (QED) is 0.175. The fourth-order valence-electron chi connectivity index (χ4n) is 8.01. The van der Waals surface area contributed by atoms with E-state index < -0.39 is 0 Å². The Bertz CT molecular complexity index is 2480. The Labute approximate surface area is 294 Å². The molecule has 0 spiro atoms. The molecule has 8 aromatic carbocycles. The predicted octanol–water partition coefficient (Wildman–Crippen LogP) is 13.6. The summed E-state index contributed by atoms with van der Waals surface area (Å²) in [6.45, 7) is 4.74. The lowest BCUT2D eigenvalue weighted by atomic mass is 9.81. The van der Waals surface area contributed by atoms with E-state index in [4.69, 9.17) is 0 Å². The smallest absolute Gasteiger partial charge is 0.0508 e. The van der Waals surface area contributed by atoms with Crippen LogP contribution < -0.4 is 4.90 Å². The van der Waals surface area contributed by atoms with Crippen LogP contribution in [0.4, 0.5) is 17.1 Å². The minimum absolute atomic E-state index is 0.158. The molecule has 0 heterocycles. The monoisotopic (exact) mass is 639 g/mol. The number of fused-ring (bicyclic) bond motifs is 4. The van der Waals surface area contributed by atoms with Crippen LogP contribution in [0.25, 0.3) is 55.3 Å². The highest BCUT2D eigenvalue weighted by Crippen LogP contribution is 2.54. The third-order valence-electron chi connectivity index (χ3n) is 10.5. The zero-order valence-electron chi connectivity index (χ0n) is 28.3. The molecule has 50 heavy (non-hydrogen) atoms. The molecule has 0 atom stereocenters. The van der Waals surface area contributed by atoms with Crippen LogP contribution in [-0.4, -0.2) is 0 Å². The second-order valence-electron chi connectivity index (χ2n) is 13.8. The first kappa shape index (κ1) is 29.9. The summed E-state index contributed by atoms with van der Waals surface area (Å²) in [7, 11) is 0. The van der Waals surface area contributed by atoms with E-state index in [1.807, 2.05) is 0 Å². The predicted molar refractivity (Wildman–Crippen MR) is 213 cm³/mol. The van der Waals surface area contributed by atoms with Crippen LogP contribution in [0.5, 0.6) is 0 Å². The summed E-state index contributed by atoms with van der Waals surface area (Å²) in [4.78, 5) is 2.46. The Balaban J connectivity index is 1.18. The topological polar surface area (TPSA) is 3.24 Å². The maximum atomic E-state index is 2.46. The number of rotatable bonds is 6. The van der Waals surface area contributed by atoms with Crippen molar-refractivity contribution in [3.05, 3.63) is 199 Å². The highest BCUT2D eigenvalue weighted by atomic mass is 15.1. The molecular formula is C49H37N. The summed E-state index contributed by atoms with van der Waals surface area (Å²) in [6, 6.07) is 68.5. The molecule has 9 rings (SSSR count). The highest BCUT2D eigenvalue weighted by molar-refractivity contribution is 5.98. The van der Waals surface area contributed by atoms with E-state index in [2.05, 4.69) is 207 Å². The number of nitrogens with zero attached hydrogens (tertiary/aromatic N) is 1. The summed E-state index contributed by atoms with van der Waals surface area (Å²) in [5.41, 5.74) is 16.0. The van der Waals surface area contributed by atoms with Gasteiger partial charge in [-0.25, -0.2) is 0 Å². The highest BCUT2D eigenvalue weighted by Gasteiger charge is 2.38. The molecule has 0 fully saturated rings. The number of anilines is 3. The van der Waals surface area contributed by atoms with Gasteiger partial charge in [0.15, 0.2) is 0 Å². The molecule has 0 saturated carbocycles. The molecule has 0 bridgehead atoms. The van der Waals surface area contributed by atoms with Gasteiger partial charge in [-0.2, -0.15) is 0 Å². The SMILES string of the molecule is CC1(C)c2ccccc2-c2cccc(N(c3ccc(-c4ccc(-c5ccccc5)cc4)cc3)c3cccc(-c4cccc5ccccc45)c3)c21. The summed E-state index contributed by atoms with van der Waals surface area (Å²) in [6.07, 6.45) is 0. The van der Waals surface area contributed by atoms with Crippen molar-refractivity contribution in [1.82, 2.24) is 0 Å². The van der Waals surface area contributed by atoms with Crippen LogP contribution in [0.2, 0.25) is 0 Å². The third-order valence-corrected chi connectivity index (χ3v) is 10.5. The third kappa shape index (κ3) is 5.02. The van der Waals surface area contributed by atoms with E-state index in [-0.39, 0.29) is 5.41 Å². The molecule has 0 unspecified atom stereocenters. The van der Waals surface area contributed by atoms with Gasteiger partial charge >= 0.3 is 0 Å². The molecule has 8 aromatic rings. The van der Waals surface area contributed by atoms with E-state index in [9.17, 15) is 0 Å². The molecule has 1 nitrogen and oxygen atoms in total. The van der Waals surface area contributed by atoms with E-state index in [1.54, 1.807) is 0 Å². The van der Waals surface area contributed by atoms with Crippen LogP contribution in [-0.2, 0) is 5.41 Å². The number of hydrogen-bond acceptors (Lipinski definition) is 1. The lowest BCUT2D eigenvalue weighted by Gasteiger charge is -2.32. The van der Waals surface area contributed by atoms with Gasteiger partial charge in [-0.1, -0.05) is 172 Å². The molecule has 0 amide bonds. The van der Waals surface area contributed by atoms with Crippen molar-refractivity contribution in [3.63, 3.8) is 0 Å². The molecule has 1 aliphatic rings. The van der Waals surface area contributed by atoms with Gasteiger partial charge in [0.2, 0.25) is 0 Å². The first-order valence-corrected chi connectivity index (χ1v) is 17.4. The largest absolute Gasteiger partial charge is 0.310 e. The average Bonchev–Trinajstić information content (AvgIpc) is 3.42. The second-order valence-corrected chi connectivity index (χ2v) is 13.8. The van der Waals surface area contributed by atoms with Crippen LogP contribution in [0.1, 0.15) is 25.0 Å². The van der Waals surface area contributed by atoms with Crippen molar-refractivity contribution in [1.29, 1.82) is 0 Å². The van der Waals surface area contributed by atoms with Gasteiger partial charge in [0, 0.05) is 16.8 Å². The first-order valence-electron chi connectivity index (χ1n) is 17.4. The van der Waals surface area contributed by atoms with Gasteiger partial charge < -0.3 is 4.90 Å². The molecule has 0 saturated heterocycles. The van der Waals surface area contributed by atoms with Gasteiger partial charge in [0.05, 0.1) is 5.69 Å². The summed E-state index contributed by atoms with van der Waals surface area (Å²) in [5.74, 6) is 0. The molecule has 0 aliphatic heterocycles. The summed E-state index contributed by atoms with van der Waals surface area (Å²) < 4.78 is 0. The molecule has 0 N–H and O–H groups in total. The van der Waals surface area contributed by atoms with Gasteiger partial charge in [-0.05, 0) is 96.7 Å². The van der Waals surface area contributed by atoms with Gasteiger partial charge in [0.25, 0.3) is 0 Å². The van der Waals surface area contributed by atoms with E-state index in [0.29, 0.717) is 0 Å². The van der Waals surface area contributed by atoms with E-state index >= 15 is 0 Å². The number of benzene rings is 8. The average molecular weight is 640 g/mol. The fraction of sp³-hybridized carbons (Fsp3) is 0.0612. The minimum atomic E-state index is -0.158. The zero-order valence-corrected chi connectivity index (χ0v) is 28.3. The standard InChI is InChI=1S/C49H37N/c1-49(2)46-23-9-8-20-44(46)45-22-12-24-47(48(45)49)50(41-18-10-17-39(33-41)43-21-11-16-38-15-6-7-19-42(38)43)40-31-29-37(30-32-40)36-27-25-35(26-28-36)34-13-4-3-5-14-34/h3-33H,1-2H3. The molecule has 0 radical (unpaired) electrons. The van der Waals surface area contributed by atoms with Gasteiger partial charge in [-0.15, -0.1) is 0 Å². The Hall–Kier alpha value is -6.18. The zero-order chi connectivity index (χ0) is 33.7. The van der Waals surface area contributed by atoms with Crippen molar-refractivity contribution in [2.45, 2.75) is 19.3 Å². The van der Waals surface area contributed by atoms with Crippen molar-refractivity contribution < 1.29 is 0 Å². The van der Waals surface area contributed by atoms with Gasteiger partial charge in [-0.3, -0.25) is 0 Å². The molecule has 1 aliphatic carbocycles. The summed E-state index contributed by atoms with van der Waals surface area (Å²) >= 11 is 0.